The summed E-state index contributed by atoms with van der Waals surface area (Å²) in [6.45, 7) is 6.59. The van der Waals surface area contributed by atoms with E-state index in [4.69, 9.17) is 4.74 Å². The summed E-state index contributed by atoms with van der Waals surface area (Å²) in [5, 5.41) is 10.0. The molecule has 2 rings (SSSR count). The lowest BCUT2D eigenvalue weighted by molar-refractivity contribution is 0.0697. The molecule has 1 aromatic rings. The molecule has 1 fully saturated rings. The number of carboxylic acids is 1. The molecule has 1 aliphatic rings. The van der Waals surface area contributed by atoms with E-state index < -0.39 is 5.97 Å². The Morgan fingerprint density at radius 2 is 2.32 bits per heavy atom. The first-order chi connectivity index (χ1) is 8.93. The van der Waals surface area contributed by atoms with Crippen LogP contribution >= 0.6 is 11.3 Å². The standard InChI is InChI=1S/C13H20N2O3S/c1-13(2)5-4-6-15(8-13)12-14-9(7-18-3)10(19-12)11(16)17/h4-8H2,1-3H3,(H,16,17). The summed E-state index contributed by atoms with van der Waals surface area (Å²) < 4.78 is 5.02. The van der Waals surface area contributed by atoms with Crippen molar-refractivity contribution in [1.29, 1.82) is 0 Å². The third-order valence-corrected chi connectivity index (χ3v) is 4.48. The van der Waals surface area contributed by atoms with Gasteiger partial charge in [-0.15, -0.1) is 0 Å². The summed E-state index contributed by atoms with van der Waals surface area (Å²) in [4.78, 5) is 18.2. The first-order valence-electron chi connectivity index (χ1n) is 6.40. The van der Waals surface area contributed by atoms with Crippen LogP contribution in [-0.2, 0) is 11.3 Å². The third kappa shape index (κ3) is 3.25. The number of thiazole rings is 1. The van der Waals surface area contributed by atoms with Crippen molar-refractivity contribution in [3.05, 3.63) is 10.6 Å². The lowest BCUT2D eigenvalue weighted by atomic mass is 9.84. The van der Waals surface area contributed by atoms with E-state index in [-0.39, 0.29) is 12.0 Å². The molecule has 19 heavy (non-hydrogen) atoms. The zero-order chi connectivity index (χ0) is 14.0. The average molecular weight is 284 g/mol. The van der Waals surface area contributed by atoms with E-state index in [0.29, 0.717) is 10.6 Å². The molecule has 0 aromatic carbocycles. The molecule has 0 amide bonds. The van der Waals surface area contributed by atoms with Crippen molar-refractivity contribution < 1.29 is 14.6 Å². The zero-order valence-electron chi connectivity index (χ0n) is 11.6. The number of nitrogens with zero attached hydrogens (tertiary/aromatic N) is 2. The van der Waals surface area contributed by atoms with Crippen LogP contribution in [0.2, 0.25) is 0 Å². The minimum Gasteiger partial charge on any atom is -0.477 e. The van der Waals surface area contributed by atoms with E-state index in [1.165, 1.54) is 17.8 Å². The Balaban J connectivity index is 2.25. The lowest BCUT2D eigenvalue weighted by Gasteiger charge is -2.37. The number of carboxylic acid groups (broad SMARTS) is 1. The normalized spacial score (nSPS) is 18.6. The number of rotatable bonds is 4. The highest BCUT2D eigenvalue weighted by Gasteiger charge is 2.29. The monoisotopic (exact) mass is 284 g/mol. The topological polar surface area (TPSA) is 62.7 Å². The van der Waals surface area contributed by atoms with E-state index in [1.807, 2.05) is 0 Å². The maximum absolute atomic E-state index is 11.2. The largest absolute Gasteiger partial charge is 0.477 e. The van der Waals surface area contributed by atoms with Crippen molar-refractivity contribution in [2.75, 3.05) is 25.1 Å². The maximum Gasteiger partial charge on any atom is 0.347 e. The summed E-state index contributed by atoms with van der Waals surface area (Å²) in [7, 11) is 1.55. The lowest BCUT2D eigenvalue weighted by Crippen LogP contribution is -2.40. The molecule has 2 heterocycles. The molecule has 1 N–H and O–H groups in total. The van der Waals surface area contributed by atoms with Gasteiger partial charge < -0.3 is 14.7 Å². The highest BCUT2D eigenvalue weighted by atomic mass is 32.1. The first-order valence-corrected chi connectivity index (χ1v) is 7.21. The van der Waals surface area contributed by atoms with Gasteiger partial charge in [-0.05, 0) is 18.3 Å². The molecular weight excluding hydrogens is 264 g/mol. The minimum atomic E-state index is -0.924. The van der Waals surface area contributed by atoms with E-state index in [0.717, 1.165) is 24.6 Å². The van der Waals surface area contributed by atoms with Crippen LogP contribution in [0, 0.1) is 5.41 Å². The van der Waals surface area contributed by atoms with Gasteiger partial charge in [0.1, 0.15) is 4.88 Å². The molecule has 0 unspecified atom stereocenters. The SMILES string of the molecule is COCc1nc(N2CCCC(C)(C)C2)sc1C(=O)O. The van der Waals surface area contributed by atoms with Gasteiger partial charge in [-0.1, -0.05) is 25.2 Å². The number of methoxy groups -OCH3 is 1. The van der Waals surface area contributed by atoms with Crippen molar-refractivity contribution in [2.45, 2.75) is 33.3 Å². The number of anilines is 1. The number of aromatic nitrogens is 1. The Labute approximate surface area is 117 Å². The molecule has 1 aliphatic heterocycles. The molecule has 0 atom stereocenters. The molecule has 0 bridgehead atoms. The quantitative estimate of drug-likeness (QED) is 0.921. The fourth-order valence-corrected chi connectivity index (χ4v) is 3.40. The van der Waals surface area contributed by atoms with Crippen LogP contribution in [0.15, 0.2) is 0 Å². The molecule has 0 radical (unpaired) electrons. The first kappa shape index (κ1) is 14.3. The second-order valence-electron chi connectivity index (χ2n) is 5.70. The van der Waals surface area contributed by atoms with Gasteiger partial charge in [0.15, 0.2) is 5.13 Å². The molecule has 0 saturated carbocycles. The van der Waals surface area contributed by atoms with Crippen LogP contribution in [0.1, 0.15) is 42.1 Å². The predicted octanol–water partition coefficient (Wildman–Crippen LogP) is 2.61. The van der Waals surface area contributed by atoms with Crippen LogP contribution in [0.25, 0.3) is 0 Å². The van der Waals surface area contributed by atoms with E-state index in [2.05, 4.69) is 23.7 Å². The summed E-state index contributed by atoms with van der Waals surface area (Å²) in [6.07, 6.45) is 2.32. The molecule has 6 heteroatoms. The number of hydrogen-bond donors (Lipinski definition) is 1. The van der Waals surface area contributed by atoms with Crippen molar-refractivity contribution >= 4 is 22.4 Å². The fourth-order valence-electron chi connectivity index (χ4n) is 2.46. The summed E-state index contributed by atoms with van der Waals surface area (Å²) in [5.74, 6) is -0.924. The van der Waals surface area contributed by atoms with Crippen LogP contribution in [-0.4, -0.2) is 36.3 Å². The van der Waals surface area contributed by atoms with Crippen LogP contribution in [0.4, 0.5) is 5.13 Å². The molecule has 0 spiro atoms. The van der Waals surface area contributed by atoms with Gasteiger partial charge in [-0.3, -0.25) is 0 Å². The fraction of sp³-hybridized carbons (Fsp3) is 0.692. The van der Waals surface area contributed by atoms with Gasteiger partial charge in [0.2, 0.25) is 0 Å². The highest BCUT2D eigenvalue weighted by molar-refractivity contribution is 7.17. The van der Waals surface area contributed by atoms with Gasteiger partial charge in [0, 0.05) is 20.2 Å². The Hall–Kier alpha value is -1.14. The van der Waals surface area contributed by atoms with Crippen molar-refractivity contribution in [3.63, 3.8) is 0 Å². The van der Waals surface area contributed by atoms with Crippen molar-refractivity contribution in [3.8, 4) is 0 Å². The number of piperidine rings is 1. The van der Waals surface area contributed by atoms with Gasteiger partial charge in [0.05, 0.1) is 12.3 Å². The molecule has 5 nitrogen and oxygen atoms in total. The molecular formula is C13H20N2O3S. The highest BCUT2D eigenvalue weighted by Crippen LogP contribution is 2.34. The van der Waals surface area contributed by atoms with E-state index >= 15 is 0 Å². The van der Waals surface area contributed by atoms with Gasteiger partial charge in [-0.2, -0.15) is 0 Å². The molecule has 106 valence electrons. The molecule has 0 aliphatic carbocycles. The van der Waals surface area contributed by atoms with Crippen molar-refractivity contribution in [1.82, 2.24) is 4.98 Å². The predicted molar refractivity (Wildman–Crippen MR) is 75.0 cm³/mol. The number of hydrogen-bond acceptors (Lipinski definition) is 5. The number of aromatic carboxylic acids is 1. The number of carbonyl (C=O) groups is 1. The Bertz CT molecular complexity index is 470. The van der Waals surface area contributed by atoms with Crippen LogP contribution in [0.5, 0.6) is 0 Å². The summed E-state index contributed by atoms with van der Waals surface area (Å²) >= 11 is 1.25. The minimum absolute atomic E-state index is 0.245. The Morgan fingerprint density at radius 3 is 2.89 bits per heavy atom. The third-order valence-electron chi connectivity index (χ3n) is 3.33. The second kappa shape index (κ2) is 5.46. The van der Waals surface area contributed by atoms with Crippen molar-refractivity contribution in [2.24, 2.45) is 5.41 Å². The molecule has 1 aromatic heterocycles. The van der Waals surface area contributed by atoms with Gasteiger partial charge in [0.25, 0.3) is 0 Å². The zero-order valence-corrected chi connectivity index (χ0v) is 12.4. The van der Waals surface area contributed by atoms with Gasteiger partial charge in [-0.25, -0.2) is 9.78 Å². The summed E-state index contributed by atoms with van der Waals surface area (Å²) in [5.41, 5.74) is 0.785. The second-order valence-corrected chi connectivity index (χ2v) is 6.68. The van der Waals surface area contributed by atoms with Crippen LogP contribution in [0.3, 0.4) is 0 Å². The Kier molecular flexibility index (Phi) is 4.10. The number of ether oxygens (including phenoxy) is 1. The van der Waals surface area contributed by atoms with Crippen LogP contribution < -0.4 is 4.90 Å². The molecule has 1 saturated heterocycles. The smallest absolute Gasteiger partial charge is 0.347 e. The van der Waals surface area contributed by atoms with Gasteiger partial charge >= 0.3 is 5.97 Å². The van der Waals surface area contributed by atoms with E-state index in [9.17, 15) is 9.90 Å². The summed E-state index contributed by atoms with van der Waals surface area (Å²) in [6, 6.07) is 0. The maximum atomic E-state index is 11.2. The Morgan fingerprint density at radius 1 is 1.58 bits per heavy atom. The average Bonchev–Trinajstić information content (AvgIpc) is 2.72. The van der Waals surface area contributed by atoms with E-state index in [1.54, 1.807) is 7.11 Å².